The first-order valence-corrected chi connectivity index (χ1v) is 11.7. The van der Waals surface area contributed by atoms with Crippen molar-refractivity contribution in [3.05, 3.63) is 70.7 Å². The fourth-order valence-corrected chi connectivity index (χ4v) is 4.37. The minimum absolute atomic E-state index is 0.0368. The number of nitrogen functional groups attached to an aromatic ring is 1. The summed E-state index contributed by atoms with van der Waals surface area (Å²) in [5, 5.41) is 10.7. The van der Waals surface area contributed by atoms with Crippen LogP contribution in [0.5, 0.6) is 0 Å². The fraction of sp³-hybridized carbons (Fsp3) is 0.375. The summed E-state index contributed by atoms with van der Waals surface area (Å²) in [6.07, 6.45) is 2.94. The number of aromatic nitrogens is 3. The lowest BCUT2D eigenvalue weighted by molar-refractivity contribution is 0.0940. The number of nitrogens with two attached hydrogens (primary N) is 1. The Morgan fingerprint density at radius 2 is 1.85 bits per heavy atom. The van der Waals surface area contributed by atoms with Gasteiger partial charge >= 0.3 is 0 Å². The first-order valence-electron chi connectivity index (χ1n) is 11.3. The number of rotatable bonds is 9. The second kappa shape index (κ2) is 11.2. The van der Waals surface area contributed by atoms with E-state index in [0.29, 0.717) is 30.0 Å². The third-order valence-electron chi connectivity index (χ3n) is 6.08. The molecule has 1 saturated heterocycles. The third-order valence-corrected chi connectivity index (χ3v) is 6.33. The Morgan fingerprint density at radius 1 is 1.12 bits per heavy atom. The largest absolute Gasteiger partial charge is 0.368 e. The van der Waals surface area contributed by atoms with Crippen LogP contribution in [-0.4, -0.2) is 64.8 Å². The number of piperidine rings is 1. The normalized spacial score (nSPS) is 14.5. The minimum atomic E-state index is -0.0368. The van der Waals surface area contributed by atoms with Crippen molar-refractivity contribution in [2.24, 2.45) is 0 Å². The molecule has 4 N–H and O–H groups in total. The van der Waals surface area contributed by atoms with E-state index in [1.165, 1.54) is 5.56 Å². The predicted octanol–water partition coefficient (Wildman–Crippen LogP) is 2.98. The van der Waals surface area contributed by atoms with E-state index in [9.17, 15) is 4.79 Å². The summed E-state index contributed by atoms with van der Waals surface area (Å²) in [7, 11) is 0. The molecule has 0 aliphatic carbocycles. The van der Waals surface area contributed by atoms with Crippen molar-refractivity contribution in [1.29, 1.82) is 0 Å². The second-order valence-electron chi connectivity index (χ2n) is 8.27. The average molecular weight is 468 g/mol. The maximum Gasteiger partial charge on any atom is 0.251 e. The molecule has 33 heavy (non-hydrogen) atoms. The zero-order valence-corrected chi connectivity index (χ0v) is 19.3. The summed E-state index contributed by atoms with van der Waals surface area (Å²) in [6, 6.07) is 17.8. The molecule has 2 heterocycles. The smallest absolute Gasteiger partial charge is 0.251 e. The van der Waals surface area contributed by atoms with Crippen LogP contribution >= 0.6 is 11.6 Å². The van der Waals surface area contributed by atoms with Crippen LogP contribution in [0.3, 0.4) is 0 Å². The van der Waals surface area contributed by atoms with E-state index in [0.717, 1.165) is 50.5 Å². The maximum atomic E-state index is 12.4. The molecule has 8 nitrogen and oxygen atoms in total. The fourth-order valence-electron chi connectivity index (χ4n) is 4.24. The number of aromatic amines is 1. The number of anilines is 2. The summed E-state index contributed by atoms with van der Waals surface area (Å²) in [5.41, 5.74) is 7.62. The number of nitrogens with one attached hydrogen (secondary N) is 2. The summed E-state index contributed by atoms with van der Waals surface area (Å²) in [6.45, 7) is 4.06. The van der Waals surface area contributed by atoms with Gasteiger partial charge in [-0.2, -0.15) is 4.98 Å². The second-order valence-corrected chi connectivity index (χ2v) is 8.71. The number of halogens is 1. The van der Waals surface area contributed by atoms with Gasteiger partial charge in [0.2, 0.25) is 11.9 Å². The van der Waals surface area contributed by atoms with Gasteiger partial charge in [0.05, 0.1) is 0 Å². The van der Waals surface area contributed by atoms with Gasteiger partial charge in [-0.25, -0.2) is 5.10 Å². The standard InChI is InChI=1S/C24H30ClN7O/c25-20-8-6-18(7-9-20)10-14-31(17-13-27-22(33)19-4-2-1-3-5-19)21-11-15-32(16-12-21)24-28-23(26)29-30-24/h1-9,21H,10-17H2,(H,27,33)(H3,26,28,29,30). The molecule has 0 atom stereocenters. The van der Waals surface area contributed by atoms with Gasteiger partial charge < -0.3 is 16.0 Å². The molecular weight excluding hydrogens is 438 g/mol. The Hall–Kier alpha value is -3.10. The number of nitrogens with zero attached hydrogens (tertiary/aromatic N) is 4. The molecule has 0 spiro atoms. The topological polar surface area (TPSA) is 103 Å². The molecule has 1 aliphatic rings. The summed E-state index contributed by atoms with van der Waals surface area (Å²) >= 11 is 6.03. The molecule has 0 unspecified atom stereocenters. The lowest BCUT2D eigenvalue weighted by Crippen LogP contribution is -2.48. The Bertz CT molecular complexity index is 1020. The van der Waals surface area contributed by atoms with Crippen LogP contribution in [0.15, 0.2) is 54.6 Å². The van der Waals surface area contributed by atoms with Crippen molar-refractivity contribution in [2.45, 2.75) is 25.3 Å². The molecule has 0 bridgehead atoms. The molecule has 9 heteroatoms. The summed E-state index contributed by atoms with van der Waals surface area (Å²) < 4.78 is 0. The number of hydrogen-bond acceptors (Lipinski definition) is 6. The van der Waals surface area contributed by atoms with Crippen LogP contribution in [0, 0.1) is 0 Å². The van der Waals surface area contributed by atoms with E-state index in [2.05, 4.69) is 42.4 Å². The van der Waals surface area contributed by atoms with Crippen LogP contribution in [0.1, 0.15) is 28.8 Å². The molecule has 0 radical (unpaired) electrons. The van der Waals surface area contributed by atoms with Crippen LogP contribution < -0.4 is 16.0 Å². The van der Waals surface area contributed by atoms with E-state index in [4.69, 9.17) is 17.3 Å². The van der Waals surface area contributed by atoms with Crippen LogP contribution in [0.25, 0.3) is 0 Å². The highest BCUT2D eigenvalue weighted by atomic mass is 35.5. The van der Waals surface area contributed by atoms with Gasteiger partial charge in [-0.1, -0.05) is 41.9 Å². The van der Waals surface area contributed by atoms with Gasteiger partial charge in [-0.3, -0.25) is 9.69 Å². The van der Waals surface area contributed by atoms with E-state index in [1.807, 2.05) is 42.5 Å². The number of carbonyl (C=O) groups is 1. The average Bonchev–Trinajstić information content (AvgIpc) is 3.29. The molecule has 1 fully saturated rings. The molecule has 4 rings (SSSR count). The Kier molecular flexibility index (Phi) is 7.80. The maximum absolute atomic E-state index is 12.4. The van der Waals surface area contributed by atoms with Gasteiger partial charge in [0, 0.05) is 49.4 Å². The molecule has 1 aromatic heterocycles. The lowest BCUT2D eigenvalue weighted by atomic mass is 10.0. The first kappa shape index (κ1) is 23.1. The quantitative estimate of drug-likeness (QED) is 0.447. The zero-order chi connectivity index (χ0) is 23.0. The Morgan fingerprint density at radius 3 is 2.52 bits per heavy atom. The van der Waals surface area contributed by atoms with Crippen molar-refractivity contribution in [3.8, 4) is 0 Å². The van der Waals surface area contributed by atoms with Crippen molar-refractivity contribution in [3.63, 3.8) is 0 Å². The molecule has 1 amide bonds. The lowest BCUT2D eigenvalue weighted by Gasteiger charge is -2.38. The molecule has 1 aliphatic heterocycles. The van der Waals surface area contributed by atoms with Gasteiger partial charge in [-0.15, -0.1) is 5.10 Å². The van der Waals surface area contributed by atoms with Gasteiger partial charge in [-0.05, 0) is 49.1 Å². The molecule has 3 aromatic rings. The molecule has 2 aromatic carbocycles. The monoisotopic (exact) mass is 467 g/mol. The summed E-state index contributed by atoms with van der Waals surface area (Å²) in [4.78, 5) is 21.3. The predicted molar refractivity (Wildman–Crippen MR) is 132 cm³/mol. The van der Waals surface area contributed by atoms with E-state index in [-0.39, 0.29) is 5.91 Å². The van der Waals surface area contributed by atoms with Gasteiger partial charge in [0.25, 0.3) is 5.91 Å². The van der Waals surface area contributed by atoms with Gasteiger partial charge in [0.1, 0.15) is 0 Å². The Balaban J connectivity index is 1.34. The van der Waals surface area contributed by atoms with E-state index in [1.54, 1.807) is 0 Å². The number of benzene rings is 2. The van der Waals surface area contributed by atoms with Crippen LogP contribution in [-0.2, 0) is 6.42 Å². The number of H-pyrrole nitrogens is 1. The SMILES string of the molecule is Nc1nc(N2CCC(N(CCNC(=O)c3ccccc3)CCc3ccc(Cl)cc3)CC2)n[nH]1. The number of hydrogen-bond donors (Lipinski definition) is 3. The van der Waals surface area contributed by atoms with Crippen molar-refractivity contribution < 1.29 is 4.79 Å². The molecular formula is C24H30ClN7O. The minimum Gasteiger partial charge on any atom is -0.368 e. The zero-order valence-electron chi connectivity index (χ0n) is 18.6. The van der Waals surface area contributed by atoms with Crippen molar-refractivity contribution in [2.75, 3.05) is 43.4 Å². The number of amides is 1. The Labute approximate surface area is 199 Å². The highest BCUT2D eigenvalue weighted by Crippen LogP contribution is 2.21. The molecule has 0 saturated carbocycles. The number of carbonyl (C=O) groups excluding carboxylic acids is 1. The van der Waals surface area contributed by atoms with Crippen molar-refractivity contribution >= 4 is 29.4 Å². The van der Waals surface area contributed by atoms with Crippen molar-refractivity contribution in [1.82, 2.24) is 25.4 Å². The van der Waals surface area contributed by atoms with E-state index >= 15 is 0 Å². The summed E-state index contributed by atoms with van der Waals surface area (Å²) in [5.74, 6) is 0.963. The van der Waals surface area contributed by atoms with Gasteiger partial charge in [0.15, 0.2) is 0 Å². The highest BCUT2D eigenvalue weighted by Gasteiger charge is 2.26. The van der Waals surface area contributed by atoms with Crippen LogP contribution in [0.2, 0.25) is 5.02 Å². The third kappa shape index (κ3) is 6.46. The first-order chi connectivity index (χ1) is 16.1. The van der Waals surface area contributed by atoms with Crippen LogP contribution in [0.4, 0.5) is 11.9 Å². The molecule has 174 valence electrons. The highest BCUT2D eigenvalue weighted by molar-refractivity contribution is 6.30. The van der Waals surface area contributed by atoms with E-state index < -0.39 is 0 Å².